The molecule has 1 unspecified atom stereocenters. The van der Waals surface area contributed by atoms with Crippen LogP contribution in [0.15, 0.2) is 115 Å². The van der Waals surface area contributed by atoms with Gasteiger partial charge in [-0.1, -0.05) is 115 Å². The predicted octanol–water partition coefficient (Wildman–Crippen LogP) is 7.98. The number of methoxy groups -OCH3 is 1. The smallest absolute Gasteiger partial charge is 0.424 e. The maximum Gasteiger partial charge on any atom is 0.424 e. The van der Waals surface area contributed by atoms with Gasteiger partial charge < -0.3 is 68.4 Å². The molecule has 1 aliphatic carbocycles. The maximum absolute atomic E-state index is 14.4. The van der Waals surface area contributed by atoms with E-state index in [1.54, 1.807) is 52.2 Å². The first-order valence-corrected chi connectivity index (χ1v) is 33.7. The summed E-state index contributed by atoms with van der Waals surface area (Å²) >= 11 is 6.85. The third kappa shape index (κ3) is 18.0. The first-order valence-electron chi connectivity index (χ1n) is 33.3. The van der Waals surface area contributed by atoms with Gasteiger partial charge in [-0.15, -0.1) is 0 Å². The number of alkyl carbamates (subject to hydrolysis) is 1. The number of carbonyl (C=O) groups is 8. The van der Waals surface area contributed by atoms with E-state index >= 15 is 0 Å². The summed E-state index contributed by atoms with van der Waals surface area (Å²) in [4.78, 5) is 110. The fourth-order valence-corrected chi connectivity index (χ4v) is 13.4. The molecule has 25 nitrogen and oxygen atoms in total. The molecule has 6 amide bonds. The fraction of sp³-hybridized carbons (Fsp3) is 0.479. The second-order valence-corrected chi connectivity index (χ2v) is 26.5. The molecule has 4 aromatic carbocycles. The van der Waals surface area contributed by atoms with Crippen LogP contribution in [-0.2, 0) is 81.4 Å². The van der Waals surface area contributed by atoms with E-state index in [9.17, 15) is 48.6 Å². The van der Waals surface area contributed by atoms with E-state index in [-0.39, 0.29) is 97.1 Å². The van der Waals surface area contributed by atoms with Crippen LogP contribution in [0.25, 0.3) is 22.0 Å². The van der Waals surface area contributed by atoms with Crippen LogP contribution in [0.2, 0.25) is 5.02 Å². The van der Waals surface area contributed by atoms with Crippen molar-refractivity contribution in [2.24, 2.45) is 5.92 Å². The van der Waals surface area contributed by atoms with Crippen molar-refractivity contribution in [2.45, 2.75) is 146 Å². The van der Waals surface area contributed by atoms with Crippen LogP contribution in [0.3, 0.4) is 0 Å². The Morgan fingerprint density at radius 3 is 2.26 bits per heavy atom. The number of hydrazine groups is 1. The van der Waals surface area contributed by atoms with Gasteiger partial charge in [0.25, 0.3) is 0 Å². The second kappa shape index (κ2) is 33.0. The lowest BCUT2D eigenvalue weighted by atomic mass is 9.83. The summed E-state index contributed by atoms with van der Waals surface area (Å²) in [6.07, 6.45) is -0.710. The van der Waals surface area contributed by atoms with Gasteiger partial charge in [0, 0.05) is 90.7 Å². The minimum Gasteiger partial charge on any atom is -0.481 e. The van der Waals surface area contributed by atoms with Crippen LogP contribution in [-0.4, -0.2) is 200 Å². The standard InChI is InChI=1S/C73H91ClN8O17/c1-44-18-17-25-60(93-10)73(92)41-59(97-70(90)77-73)46(3)67-72(5,99-67)61(40-64(85)80(8)58-38-48(36-44)37-45(2)66(58)74)98-69(89)47(4)79(7)63(84)29-32-94-34-35-95-33-30-75-68(88)56(26-27-65(86)87)76-62(83)28-31-82-50(39-49-19-11-16-24-57(49)82)42-78(6)81(9)71(91)96-43-55-53-22-14-12-20-51(53)52-21-13-15-23-54(52)55/h11-25,37-39,46-47,55-56,59-61,67,92H,26-36,40-43H2,1-10H3,(H,75,88)(H,76,83)(H,77,90)(H,86,87)/b25-17+,44-18+/t46-,47+,56+,59+,60-,61+,67?,72+,73-/m1/s1. The monoisotopic (exact) mass is 1390 g/mol. The minimum atomic E-state index is -1.88. The zero-order valence-electron chi connectivity index (χ0n) is 57.7. The zero-order chi connectivity index (χ0) is 71.5. The molecule has 0 saturated carbocycles. The number of halogens is 1. The van der Waals surface area contributed by atoms with Crippen molar-refractivity contribution in [1.29, 1.82) is 0 Å². The number of carbonyl (C=O) groups excluding carboxylic acids is 7. The van der Waals surface area contributed by atoms with Gasteiger partial charge in [-0.3, -0.25) is 29.3 Å². The largest absolute Gasteiger partial charge is 0.481 e. The number of aryl methyl sites for hydroxylation is 2. The number of esters is 1. The molecular formula is C73H91ClN8O17. The molecule has 0 radical (unpaired) electrons. The number of likely N-dealkylation sites (N-methyl/N-ethyl adjacent to an activating group) is 1. The summed E-state index contributed by atoms with van der Waals surface area (Å²) in [6.45, 7) is 9.53. The number of hydrogen-bond donors (Lipinski definition) is 5. The van der Waals surface area contributed by atoms with Gasteiger partial charge >= 0.3 is 24.1 Å². The number of rotatable bonds is 26. The zero-order valence-corrected chi connectivity index (χ0v) is 58.5. The molecule has 5 aromatic rings. The third-order valence-electron chi connectivity index (χ3n) is 19.2. The van der Waals surface area contributed by atoms with E-state index in [4.69, 9.17) is 44.8 Å². The van der Waals surface area contributed by atoms with Crippen LogP contribution in [0.5, 0.6) is 0 Å². The number of nitrogens with zero attached hydrogens (tertiary/aromatic N) is 5. The highest BCUT2D eigenvalue weighted by Gasteiger charge is 2.64. The Balaban J connectivity index is 0.722. The van der Waals surface area contributed by atoms with Gasteiger partial charge in [0.1, 0.15) is 42.6 Å². The molecule has 9 rings (SSSR count). The Hall–Kier alpha value is -8.69. The van der Waals surface area contributed by atoms with Crippen molar-refractivity contribution in [2.75, 3.05) is 79.8 Å². The van der Waals surface area contributed by atoms with Gasteiger partial charge in [-0.05, 0) is 97.5 Å². The summed E-state index contributed by atoms with van der Waals surface area (Å²) in [5.74, 6) is -4.64. The Morgan fingerprint density at radius 2 is 1.57 bits per heavy atom. The van der Waals surface area contributed by atoms with Crippen LogP contribution in [0.1, 0.15) is 100 Å². The van der Waals surface area contributed by atoms with Gasteiger partial charge in [0.2, 0.25) is 23.6 Å². The predicted molar refractivity (Wildman–Crippen MR) is 368 cm³/mol. The number of ether oxygens (including phenoxy) is 7. The topological polar surface area (TPSA) is 299 Å². The van der Waals surface area contributed by atoms with Crippen LogP contribution in [0.4, 0.5) is 15.3 Å². The van der Waals surface area contributed by atoms with Gasteiger partial charge in [-0.2, -0.15) is 0 Å². The van der Waals surface area contributed by atoms with Crippen molar-refractivity contribution < 1.29 is 81.7 Å². The van der Waals surface area contributed by atoms with E-state index in [1.807, 2.05) is 91.2 Å². The van der Waals surface area contributed by atoms with Crippen molar-refractivity contribution in [1.82, 2.24) is 35.4 Å². The number of aromatic nitrogens is 1. The second-order valence-electron chi connectivity index (χ2n) is 26.1. The number of carboxylic acids is 1. The average Bonchev–Trinajstić information content (AvgIpc) is 1.58. The molecule has 1 aromatic heterocycles. The lowest BCUT2D eigenvalue weighted by Crippen LogP contribution is -2.63. The molecule has 3 aliphatic heterocycles. The quantitative estimate of drug-likeness (QED) is 0.0115. The Bertz CT molecular complexity index is 3810. The van der Waals surface area contributed by atoms with Gasteiger partial charge in [0.05, 0.1) is 62.6 Å². The number of benzene rings is 4. The van der Waals surface area contributed by atoms with E-state index < -0.39 is 101 Å². The molecule has 5 N–H and O–H groups in total. The molecule has 0 spiro atoms. The number of nitrogens with one attached hydrogen (secondary N) is 3. The molecule has 532 valence electrons. The summed E-state index contributed by atoms with van der Waals surface area (Å²) in [6, 6.07) is 27.4. The van der Waals surface area contributed by atoms with E-state index in [2.05, 4.69) is 40.2 Å². The molecule has 99 heavy (non-hydrogen) atoms. The molecule has 9 atom stereocenters. The van der Waals surface area contributed by atoms with Crippen LogP contribution >= 0.6 is 11.6 Å². The van der Waals surface area contributed by atoms with Gasteiger partial charge in [-0.25, -0.2) is 24.4 Å². The van der Waals surface area contributed by atoms with E-state index in [0.717, 1.165) is 55.6 Å². The Labute approximate surface area is 581 Å². The highest BCUT2D eigenvalue weighted by molar-refractivity contribution is 6.34. The molecule has 2 saturated heterocycles. The van der Waals surface area contributed by atoms with Crippen LogP contribution in [0, 0.1) is 12.8 Å². The van der Waals surface area contributed by atoms with Crippen molar-refractivity contribution >= 4 is 75.9 Å². The highest BCUT2D eigenvalue weighted by atomic mass is 35.5. The third-order valence-corrected chi connectivity index (χ3v) is 19.7. The Morgan fingerprint density at radius 1 is 0.889 bits per heavy atom. The molecule has 4 aliphatic rings. The Kier molecular flexibility index (Phi) is 24.8. The number of allylic oxidation sites excluding steroid dienone is 3. The first-order chi connectivity index (χ1) is 47.2. The minimum absolute atomic E-state index is 0.0217. The number of hydrogen-bond acceptors (Lipinski definition) is 17. The first kappa shape index (κ1) is 74.5. The lowest BCUT2D eigenvalue weighted by molar-refractivity contribution is -0.162. The lowest BCUT2D eigenvalue weighted by Gasteiger charge is -2.42. The average molecular weight is 1390 g/mol. The molecule has 4 bridgehead atoms. The van der Waals surface area contributed by atoms with Crippen molar-refractivity contribution in [3.8, 4) is 11.1 Å². The number of epoxide rings is 1. The maximum atomic E-state index is 14.4. The van der Waals surface area contributed by atoms with Crippen molar-refractivity contribution in [3.05, 3.63) is 148 Å². The molecule has 26 heteroatoms. The summed E-state index contributed by atoms with van der Waals surface area (Å²) < 4.78 is 43.1. The number of fused-ring (bicyclic) bond motifs is 9. The number of para-hydroxylation sites is 1. The molecular weight excluding hydrogens is 1300 g/mol. The summed E-state index contributed by atoms with van der Waals surface area (Å²) in [7, 11) is 7.85. The number of anilines is 1. The van der Waals surface area contributed by atoms with E-state index in [1.165, 1.54) is 35.9 Å². The number of aliphatic carboxylic acids is 1. The number of carboxylic acid groups (broad SMARTS) is 1. The summed E-state index contributed by atoms with van der Waals surface area (Å²) in [5, 5.41) is 33.8. The summed E-state index contributed by atoms with van der Waals surface area (Å²) in [5.41, 5.74) is 5.91. The van der Waals surface area contributed by atoms with Gasteiger partial charge in [0.15, 0.2) is 5.72 Å². The normalized spacial score (nSPS) is 22.9. The van der Waals surface area contributed by atoms with Crippen LogP contribution < -0.4 is 20.9 Å². The highest BCUT2D eigenvalue weighted by Crippen LogP contribution is 2.50. The number of aliphatic hydroxyl groups is 1. The fourth-order valence-electron chi connectivity index (χ4n) is 13.1. The molecule has 4 heterocycles. The van der Waals surface area contributed by atoms with E-state index in [0.29, 0.717) is 17.1 Å². The van der Waals surface area contributed by atoms with Crippen molar-refractivity contribution in [3.63, 3.8) is 0 Å². The molecule has 2 fully saturated rings. The SMILES string of the molecule is CO[C@@H]1/C=C/C=C(\C)Cc2cc(C)c(Cl)c(c2)N(C)C(=O)C[C@H](OC(=O)[C@H](C)N(C)C(=O)CCOCCOCCNC(=O)[C@H](CCC(=O)O)NC(=O)CCn2c(CN(C)N(C)C(=O)OCC3c4ccccc4-c4ccccc43)cc3ccccc32)[C@]2(C)OC2[C@H](C)[C@@H]2C[C@]1(O)NC(=O)O2. The number of amides is 6.